The minimum atomic E-state index is 0.0415. The molecule has 0 saturated carbocycles. The quantitative estimate of drug-likeness (QED) is 0.797. The average Bonchev–Trinajstić information content (AvgIpc) is 2.87. The van der Waals surface area contributed by atoms with E-state index in [2.05, 4.69) is 16.7 Å². The maximum Gasteiger partial charge on any atom is 0.0991 e. The predicted octanol–water partition coefficient (Wildman–Crippen LogP) is 3.36. The fourth-order valence-electron chi connectivity index (χ4n) is 2.71. The Morgan fingerprint density at radius 3 is 2.67 bits per heavy atom. The molecule has 21 heavy (non-hydrogen) atoms. The normalized spacial score (nSPS) is 10.7. The van der Waals surface area contributed by atoms with Crippen LogP contribution in [-0.4, -0.2) is 9.67 Å². The second kappa shape index (κ2) is 5.43. The van der Waals surface area contributed by atoms with Crippen molar-refractivity contribution < 1.29 is 5.11 Å². The largest absolute Gasteiger partial charge is 0.392 e. The first-order valence-electron chi connectivity index (χ1n) is 6.90. The van der Waals surface area contributed by atoms with E-state index < -0.39 is 0 Å². The van der Waals surface area contributed by atoms with Crippen molar-refractivity contribution in [3.8, 4) is 6.07 Å². The van der Waals surface area contributed by atoms with E-state index in [1.54, 1.807) is 0 Å². The van der Waals surface area contributed by atoms with Crippen molar-refractivity contribution in [2.45, 2.75) is 20.1 Å². The van der Waals surface area contributed by atoms with Crippen molar-refractivity contribution in [2.24, 2.45) is 0 Å². The van der Waals surface area contributed by atoms with E-state index in [-0.39, 0.29) is 6.61 Å². The van der Waals surface area contributed by atoms with Crippen molar-refractivity contribution in [1.82, 2.24) is 4.57 Å². The lowest BCUT2D eigenvalue weighted by Gasteiger charge is -2.09. The molecule has 1 N–H and O–H groups in total. The fraction of sp³-hybridized carbons (Fsp3) is 0.167. The lowest BCUT2D eigenvalue weighted by atomic mass is 10.1. The summed E-state index contributed by atoms with van der Waals surface area (Å²) in [5, 5.41) is 19.5. The minimum Gasteiger partial charge on any atom is -0.392 e. The highest BCUT2D eigenvalue weighted by Gasteiger charge is 2.08. The summed E-state index contributed by atoms with van der Waals surface area (Å²) in [6, 6.07) is 16.0. The maximum atomic E-state index is 9.49. The Labute approximate surface area is 123 Å². The van der Waals surface area contributed by atoms with Crippen LogP contribution in [0.5, 0.6) is 0 Å². The lowest BCUT2D eigenvalue weighted by molar-refractivity contribution is 0.283. The Balaban J connectivity index is 2.04. The molecule has 3 aromatic rings. The smallest absolute Gasteiger partial charge is 0.0991 e. The van der Waals surface area contributed by atoms with Gasteiger partial charge in [-0.3, -0.25) is 0 Å². The molecular formula is C18H16N2O. The number of nitriles is 1. The highest BCUT2D eigenvalue weighted by molar-refractivity contribution is 5.83. The summed E-state index contributed by atoms with van der Waals surface area (Å²) in [5.74, 6) is 0. The Kier molecular flexibility index (Phi) is 3.47. The maximum absolute atomic E-state index is 9.49. The molecule has 1 heterocycles. The van der Waals surface area contributed by atoms with E-state index in [9.17, 15) is 5.11 Å². The summed E-state index contributed by atoms with van der Waals surface area (Å²) in [7, 11) is 0. The molecule has 0 saturated heterocycles. The highest BCUT2D eigenvalue weighted by Crippen LogP contribution is 2.23. The molecule has 0 atom stereocenters. The number of fused-ring (bicyclic) bond motifs is 1. The Hall–Kier alpha value is -2.57. The second-order valence-corrected chi connectivity index (χ2v) is 5.21. The van der Waals surface area contributed by atoms with Crippen LogP contribution in [0.2, 0.25) is 0 Å². The second-order valence-electron chi connectivity index (χ2n) is 5.21. The molecule has 0 unspecified atom stereocenters. The number of rotatable bonds is 3. The third-order valence-electron chi connectivity index (χ3n) is 3.85. The van der Waals surface area contributed by atoms with Crippen LogP contribution >= 0.6 is 0 Å². The van der Waals surface area contributed by atoms with Crippen LogP contribution in [0.1, 0.15) is 22.3 Å². The number of aliphatic hydroxyl groups excluding tert-OH is 1. The third kappa shape index (κ3) is 2.42. The molecule has 0 aliphatic heterocycles. The van der Waals surface area contributed by atoms with Gasteiger partial charge in [-0.1, -0.05) is 24.3 Å². The monoisotopic (exact) mass is 276 g/mol. The summed E-state index contributed by atoms with van der Waals surface area (Å²) in [6.07, 6.45) is 2.00. The van der Waals surface area contributed by atoms with Gasteiger partial charge in [0.25, 0.3) is 0 Å². The molecule has 2 aromatic carbocycles. The van der Waals surface area contributed by atoms with E-state index >= 15 is 0 Å². The van der Waals surface area contributed by atoms with Crippen LogP contribution in [0.4, 0.5) is 0 Å². The van der Waals surface area contributed by atoms with Crippen molar-refractivity contribution >= 4 is 10.9 Å². The number of benzene rings is 2. The van der Waals surface area contributed by atoms with E-state index in [4.69, 9.17) is 5.26 Å². The highest BCUT2D eigenvalue weighted by atomic mass is 16.3. The van der Waals surface area contributed by atoms with Crippen LogP contribution in [-0.2, 0) is 13.2 Å². The number of hydrogen-bond donors (Lipinski definition) is 1. The van der Waals surface area contributed by atoms with Crippen molar-refractivity contribution in [3.63, 3.8) is 0 Å². The van der Waals surface area contributed by atoms with Crippen molar-refractivity contribution in [1.29, 1.82) is 5.26 Å². The molecule has 0 amide bonds. The summed E-state index contributed by atoms with van der Waals surface area (Å²) in [4.78, 5) is 0. The van der Waals surface area contributed by atoms with Gasteiger partial charge < -0.3 is 9.67 Å². The Morgan fingerprint density at radius 2 is 1.95 bits per heavy atom. The molecular weight excluding hydrogens is 260 g/mol. The number of nitrogens with zero attached hydrogens (tertiary/aromatic N) is 2. The van der Waals surface area contributed by atoms with Gasteiger partial charge in [-0.25, -0.2) is 0 Å². The standard InChI is InChI=1S/C18H16N2O/c1-13-8-14(9-19)6-7-15(13)10-20-11-16(12-21)17-4-2-3-5-18(17)20/h2-8,11,21H,10,12H2,1H3. The number of aryl methyl sites for hydroxylation is 1. The van der Waals surface area contributed by atoms with E-state index in [1.807, 2.05) is 49.5 Å². The molecule has 0 radical (unpaired) electrons. The van der Waals surface area contributed by atoms with Gasteiger partial charge in [0.05, 0.1) is 18.2 Å². The minimum absolute atomic E-state index is 0.0415. The van der Waals surface area contributed by atoms with Gasteiger partial charge in [0, 0.05) is 29.2 Å². The zero-order chi connectivity index (χ0) is 14.8. The molecule has 3 rings (SSSR count). The van der Waals surface area contributed by atoms with E-state index in [0.29, 0.717) is 5.56 Å². The van der Waals surface area contributed by atoms with Gasteiger partial charge in [-0.05, 0) is 36.2 Å². The number of aromatic nitrogens is 1. The van der Waals surface area contributed by atoms with Crippen molar-refractivity contribution in [3.05, 3.63) is 70.9 Å². The first-order valence-corrected chi connectivity index (χ1v) is 6.90. The molecule has 3 nitrogen and oxygen atoms in total. The van der Waals surface area contributed by atoms with Gasteiger partial charge in [-0.15, -0.1) is 0 Å². The third-order valence-corrected chi connectivity index (χ3v) is 3.85. The SMILES string of the molecule is Cc1cc(C#N)ccc1Cn1cc(CO)c2ccccc21. The number of aliphatic hydroxyl groups is 1. The Bertz CT molecular complexity index is 840. The van der Waals surface area contributed by atoms with Crippen LogP contribution in [0, 0.1) is 18.3 Å². The van der Waals surface area contributed by atoms with Gasteiger partial charge >= 0.3 is 0 Å². The Morgan fingerprint density at radius 1 is 1.14 bits per heavy atom. The van der Waals surface area contributed by atoms with E-state index in [1.165, 1.54) is 5.56 Å². The predicted molar refractivity (Wildman–Crippen MR) is 82.9 cm³/mol. The molecule has 1 aromatic heterocycles. The van der Waals surface area contributed by atoms with Gasteiger partial charge in [-0.2, -0.15) is 5.26 Å². The van der Waals surface area contributed by atoms with Crippen LogP contribution < -0.4 is 0 Å². The zero-order valence-electron chi connectivity index (χ0n) is 11.9. The molecule has 0 spiro atoms. The summed E-state index contributed by atoms with van der Waals surface area (Å²) in [6.45, 7) is 2.80. The number of hydrogen-bond acceptors (Lipinski definition) is 2. The first-order chi connectivity index (χ1) is 10.2. The van der Waals surface area contributed by atoms with Crippen LogP contribution in [0.3, 0.4) is 0 Å². The summed E-state index contributed by atoms with van der Waals surface area (Å²) >= 11 is 0. The number of para-hydroxylation sites is 1. The van der Waals surface area contributed by atoms with Crippen LogP contribution in [0.15, 0.2) is 48.7 Å². The fourth-order valence-corrected chi connectivity index (χ4v) is 2.71. The average molecular weight is 276 g/mol. The molecule has 0 bridgehead atoms. The van der Waals surface area contributed by atoms with E-state index in [0.717, 1.165) is 28.6 Å². The van der Waals surface area contributed by atoms with Gasteiger partial charge in [0.2, 0.25) is 0 Å². The molecule has 0 aliphatic rings. The summed E-state index contributed by atoms with van der Waals surface area (Å²) in [5.41, 5.74) is 5.03. The van der Waals surface area contributed by atoms with Crippen molar-refractivity contribution in [2.75, 3.05) is 0 Å². The molecule has 104 valence electrons. The topological polar surface area (TPSA) is 49.0 Å². The first kappa shape index (κ1) is 13.4. The van der Waals surface area contributed by atoms with Crippen LogP contribution in [0.25, 0.3) is 10.9 Å². The lowest BCUT2D eigenvalue weighted by Crippen LogP contribution is -2.00. The summed E-state index contributed by atoms with van der Waals surface area (Å²) < 4.78 is 2.15. The zero-order valence-corrected chi connectivity index (χ0v) is 11.9. The molecule has 0 aliphatic carbocycles. The van der Waals surface area contributed by atoms with Gasteiger partial charge in [0.1, 0.15) is 0 Å². The molecule has 3 heteroatoms. The van der Waals surface area contributed by atoms with Gasteiger partial charge in [0.15, 0.2) is 0 Å². The molecule has 0 fully saturated rings.